The summed E-state index contributed by atoms with van der Waals surface area (Å²) in [5, 5.41) is 3.61. The van der Waals surface area contributed by atoms with Gasteiger partial charge in [0.2, 0.25) is 0 Å². The summed E-state index contributed by atoms with van der Waals surface area (Å²) in [5.41, 5.74) is 4.08. The Kier molecular flexibility index (Phi) is 5.62. The van der Waals surface area contributed by atoms with Crippen LogP contribution in [0.2, 0.25) is 0 Å². The van der Waals surface area contributed by atoms with E-state index in [1.165, 1.54) is 29.5 Å². The number of aryl methyl sites for hydroxylation is 2. The number of benzene rings is 1. The van der Waals surface area contributed by atoms with Gasteiger partial charge < -0.3 is 10.1 Å². The Bertz CT molecular complexity index is 427. The Hall–Kier alpha value is -0.860. The second kappa shape index (κ2) is 7.24. The molecule has 1 aliphatic heterocycles. The average Bonchev–Trinajstić information content (AvgIpc) is 2.39. The molecule has 20 heavy (non-hydrogen) atoms. The molecule has 2 atom stereocenters. The SMILES string of the molecule is Cc1ccc(C2OCCCC2CNCC(C)C)c(C)c1. The molecule has 1 fully saturated rings. The van der Waals surface area contributed by atoms with Crippen molar-refractivity contribution in [1.82, 2.24) is 5.32 Å². The summed E-state index contributed by atoms with van der Waals surface area (Å²) in [6.07, 6.45) is 2.72. The molecular formula is C18H29NO. The summed E-state index contributed by atoms with van der Waals surface area (Å²) >= 11 is 0. The van der Waals surface area contributed by atoms with Crippen LogP contribution in [-0.2, 0) is 4.74 Å². The van der Waals surface area contributed by atoms with Gasteiger partial charge in [-0.15, -0.1) is 0 Å². The van der Waals surface area contributed by atoms with E-state index >= 15 is 0 Å². The first kappa shape index (κ1) is 15.5. The lowest BCUT2D eigenvalue weighted by molar-refractivity contribution is -0.0282. The van der Waals surface area contributed by atoms with Crippen molar-refractivity contribution in [3.63, 3.8) is 0 Å². The van der Waals surface area contributed by atoms with Gasteiger partial charge in [-0.2, -0.15) is 0 Å². The van der Waals surface area contributed by atoms with Gasteiger partial charge in [-0.1, -0.05) is 37.6 Å². The molecule has 112 valence electrons. The third kappa shape index (κ3) is 4.07. The van der Waals surface area contributed by atoms with Crippen LogP contribution in [0.4, 0.5) is 0 Å². The molecule has 2 heteroatoms. The van der Waals surface area contributed by atoms with Gasteiger partial charge in [0.15, 0.2) is 0 Å². The van der Waals surface area contributed by atoms with Crippen LogP contribution in [0.5, 0.6) is 0 Å². The lowest BCUT2D eigenvalue weighted by atomic mass is 9.87. The minimum absolute atomic E-state index is 0.268. The third-order valence-electron chi connectivity index (χ3n) is 4.14. The van der Waals surface area contributed by atoms with E-state index in [0.29, 0.717) is 11.8 Å². The summed E-state index contributed by atoms with van der Waals surface area (Å²) in [5.74, 6) is 1.31. The van der Waals surface area contributed by atoms with Crippen molar-refractivity contribution < 1.29 is 4.74 Å². The highest BCUT2D eigenvalue weighted by Gasteiger charge is 2.28. The smallest absolute Gasteiger partial charge is 0.0867 e. The maximum absolute atomic E-state index is 6.11. The fraction of sp³-hybridized carbons (Fsp3) is 0.667. The minimum atomic E-state index is 0.268. The monoisotopic (exact) mass is 275 g/mol. The Morgan fingerprint density at radius 3 is 2.80 bits per heavy atom. The van der Waals surface area contributed by atoms with E-state index in [9.17, 15) is 0 Å². The van der Waals surface area contributed by atoms with Gasteiger partial charge in [-0.25, -0.2) is 0 Å². The largest absolute Gasteiger partial charge is 0.373 e. The zero-order valence-electron chi connectivity index (χ0n) is 13.4. The molecule has 0 amide bonds. The molecule has 2 unspecified atom stereocenters. The topological polar surface area (TPSA) is 21.3 Å². The molecule has 1 heterocycles. The summed E-state index contributed by atoms with van der Waals surface area (Å²) in [6, 6.07) is 6.74. The van der Waals surface area contributed by atoms with Crippen LogP contribution < -0.4 is 5.32 Å². The van der Waals surface area contributed by atoms with E-state index in [-0.39, 0.29) is 6.10 Å². The molecular weight excluding hydrogens is 246 g/mol. The van der Waals surface area contributed by atoms with Crippen LogP contribution in [0.3, 0.4) is 0 Å². The first-order valence-corrected chi connectivity index (χ1v) is 7.97. The van der Waals surface area contributed by atoms with E-state index in [0.717, 1.165) is 19.7 Å². The summed E-state index contributed by atoms with van der Waals surface area (Å²) in [7, 11) is 0. The molecule has 0 bridgehead atoms. The fourth-order valence-corrected chi connectivity index (χ4v) is 3.10. The van der Waals surface area contributed by atoms with Gasteiger partial charge in [-0.3, -0.25) is 0 Å². The summed E-state index contributed by atoms with van der Waals surface area (Å²) in [4.78, 5) is 0. The van der Waals surface area contributed by atoms with E-state index in [1.807, 2.05) is 0 Å². The van der Waals surface area contributed by atoms with Gasteiger partial charge in [0.25, 0.3) is 0 Å². The van der Waals surface area contributed by atoms with Crippen LogP contribution in [-0.4, -0.2) is 19.7 Å². The van der Waals surface area contributed by atoms with Crippen LogP contribution >= 0.6 is 0 Å². The van der Waals surface area contributed by atoms with E-state index in [4.69, 9.17) is 4.74 Å². The number of nitrogens with one attached hydrogen (secondary N) is 1. The van der Waals surface area contributed by atoms with E-state index in [2.05, 4.69) is 51.2 Å². The molecule has 0 radical (unpaired) electrons. The summed E-state index contributed by atoms with van der Waals surface area (Å²) in [6.45, 7) is 11.9. The molecule has 0 aromatic heterocycles. The van der Waals surface area contributed by atoms with Crippen LogP contribution in [0, 0.1) is 25.7 Å². The van der Waals surface area contributed by atoms with Crippen molar-refractivity contribution in [3.8, 4) is 0 Å². The normalized spacial score (nSPS) is 23.2. The lowest BCUT2D eigenvalue weighted by Crippen LogP contribution is -2.33. The molecule has 0 saturated carbocycles. The van der Waals surface area contributed by atoms with Gasteiger partial charge in [0.05, 0.1) is 6.10 Å². The summed E-state index contributed by atoms with van der Waals surface area (Å²) < 4.78 is 6.11. The standard InChI is InChI=1S/C18H29NO/c1-13(2)11-19-12-16-6-5-9-20-18(16)17-8-7-14(3)10-15(17)4/h7-8,10,13,16,18-19H,5-6,9,11-12H2,1-4H3. The van der Waals surface area contributed by atoms with Crippen molar-refractivity contribution in [2.45, 2.75) is 46.6 Å². The number of rotatable bonds is 5. The zero-order valence-corrected chi connectivity index (χ0v) is 13.4. The Balaban J connectivity index is 2.06. The van der Waals surface area contributed by atoms with Gasteiger partial charge >= 0.3 is 0 Å². The van der Waals surface area contributed by atoms with Crippen molar-refractivity contribution in [2.75, 3.05) is 19.7 Å². The molecule has 2 nitrogen and oxygen atoms in total. The first-order chi connectivity index (χ1) is 9.58. The Morgan fingerprint density at radius 2 is 2.10 bits per heavy atom. The molecule has 0 spiro atoms. The van der Waals surface area contributed by atoms with Crippen LogP contribution in [0.25, 0.3) is 0 Å². The second-order valence-corrected chi connectivity index (χ2v) is 6.61. The Labute approximate surface area is 123 Å². The number of ether oxygens (including phenoxy) is 1. The van der Waals surface area contributed by atoms with Crippen molar-refractivity contribution >= 4 is 0 Å². The van der Waals surface area contributed by atoms with Gasteiger partial charge in [0.1, 0.15) is 0 Å². The number of hydrogen-bond acceptors (Lipinski definition) is 2. The highest BCUT2D eigenvalue weighted by atomic mass is 16.5. The lowest BCUT2D eigenvalue weighted by Gasteiger charge is -2.33. The third-order valence-corrected chi connectivity index (χ3v) is 4.14. The average molecular weight is 275 g/mol. The molecule has 2 rings (SSSR count). The highest BCUT2D eigenvalue weighted by Crippen LogP contribution is 2.35. The van der Waals surface area contributed by atoms with E-state index in [1.54, 1.807) is 0 Å². The highest BCUT2D eigenvalue weighted by molar-refractivity contribution is 5.32. The molecule has 1 saturated heterocycles. The van der Waals surface area contributed by atoms with Crippen molar-refractivity contribution in [1.29, 1.82) is 0 Å². The molecule has 1 aromatic carbocycles. The molecule has 1 aliphatic rings. The maximum Gasteiger partial charge on any atom is 0.0867 e. The first-order valence-electron chi connectivity index (χ1n) is 7.97. The second-order valence-electron chi connectivity index (χ2n) is 6.61. The van der Waals surface area contributed by atoms with Gasteiger partial charge in [-0.05, 0) is 50.3 Å². The number of hydrogen-bond donors (Lipinski definition) is 1. The fourth-order valence-electron chi connectivity index (χ4n) is 3.10. The van der Waals surface area contributed by atoms with Crippen LogP contribution in [0.15, 0.2) is 18.2 Å². The van der Waals surface area contributed by atoms with E-state index < -0.39 is 0 Å². The minimum Gasteiger partial charge on any atom is -0.373 e. The van der Waals surface area contributed by atoms with Crippen molar-refractivity contribution in [2.24, 2.45) is 11.8 Å². The molecule has 1 aromatic rings. The van der Waals surface area contributed by atoms with Gasteiger partial charge in [0, 0.05) is 19.1 Å². The Morgan fingerprint density at radius 1 is 1.30 bits per heavy atom. The maximum atomic E-state index is 6.11. The predicted octanol–water partition coefficient (Wildman–Crippen LogP) is 4.02. The zero-order chi connectivity index (χ0) is 14.5. The molecule has 0 aliphatic carbocycles. The predicted molar refractivity (Wildman–Crippen MR) is 85.0 cm³/mol. The quantitative estimate of drug-likeness (QED) is 0.876. The van der Waals surface area contributed by atoms with Crippen molar-refractivity contribution in [3.05, 3.63) is 34.9 Å². The molecule has 1 N–H and O–H groups in total. The van der Waals surface area contributed by atoms with Crippen LogP contribution in [0.1, 0.15) is 49.5 Å².